The van der Waals surface area contributed by atoms with E-state index in [-0.39, 0.29) is 40.4 Å². The highest BCUT2D eigenvalue weighted by Gasteiger charge is 2.61. The fraction of sp³-hybridized carbons (Fsp3) is 0.816. The zero-order valence-electron chi connectivity index (χ0n) is 31.9. The van der Waals surface area contributed by atoms with E-state index in [1.165, 1.54) is 0 Å². The van der Waals surface area contributed by atoms with Gasteiger partial charge < -0.3 is 29.3 Å². The van der Waals surface area contributed by atoms with Crippen LogP contribution in [0, 0.1) is 29.1 Å². The van der Waals surface area contributed by atoms with Crippen LogP contribution in [-0.2, 0) is 24.4 Å². The molecule has 49 heavy (non-hydrogen) atoms. The highest BCUT2D eigenvalue weighted by atomic mass is 16.6. The number of carbonyl (C=O) groups is 3. The molecule has 0 spiro atoms. The molecule has 4 rings (SSSR count). The van der Waals surface area contributed by atoms with Crippen LogP contribution in [0.3, 0.4) is 0 Å². The molecule has 3 fully saturated rings. The SMILES string of the molecule is COCCCNc1nc(C(C)(C)C)ncc1C(=O)CC1(C2C[C@@H](C(=O)N3CCC[C@H]3COC)CN(C(=O)OC(C)(C)C)C2)CC1CC(C)C. The number of nitrogens with zero attached hydrogens (tertiary/aromatic N) is 4. The van der Waals surface area contributed by atoms with Crippen molar-refractivity contribution in [3.63, 3.8) is 0 Å². The minimum absolute atomic E-state index is 0.00192. The van der Waals surface area contributed by atoms with Crippen LogP contribution in [0.15, 0.2) is 6.20 Å². The fourth-order valence-electron chi connectivity index (χ4n) is 7.94. The number of rotatable bonds is 14. The van der Waals surface area contributed by atoms with Gasteiger partial charge in [0.05, 0.1) is 24.1 Å². The first kappa shape index (κ1) is 39.0. The highest BCUT2D eigenvalue weighted by molar-refractivity contribution is 6.00. The van der Waals surface area contributed by atoms with Crippen molar-refractivity contribution in [1.29, 1.82) is 0 Å². The largest absolute Gasteiger partial charge is 0.444 e. The van der Waals surface area contributed by atoms with Crippen LogP contribution in [0.4, 0.5) is 10.6 Å². The Balaban J connectivity index is 1.67. The number of Topliss-reactive ketones (excluding diaryl/α,β-unsaturated/α-hetero) is 1. The Hall–Kier alpha value is -2.79. The minimum atomic E-state index is -0.665. The summed E-state index contributed by atoms with van der Waals surface area (Å²) in [6.45, 7) is 19.4. The summed E-state index contributed by atoms with van der Waals surface area (Å²) in [4.78, 5) is 55.5. The van der Waals surface area contributed by atoms with Crippen molar-refractivity contribution in [2.24, 2.45) is 29.1 Å². The molecule has 2 amide bonds. The third-order valence-electron chi connectivity index (χ3n) is 10.4. The monoisotopic (exact) mass is 685 g/mol. The Kier molecular flexibility index (Phi) is 12.8. The second-order valence-electron chi connectivity index (χ2n) is 17.1. The van der Waals surface area contributed by atoms with Crippen molar-refractivity contribution in [3.05, 3.63) is 17.6 Å². The van der Waals surface area contributed by atoms with Crippen LogP contribution in [0.25, 0.3) is 0 Å². The van der Waals surface area contributed by atoms with Crippen molar-refractivity contribution in [1.82, 2.24) is 19.8 Å². The summed E-state index contributed by atoms with van der Waals surface area (Å²) in [7, 11) is 3.35. The van der Waals surface area contributed by atoms with Gasteiger partial charge in [-0.05, 0) is 82.5 Å². The van der Waals surface area contributed by atoms with Gasteiger partial charge in [-0.3, -0.25) is 9.59 Å². The van der Waals surface area contributed by atoms with E-state index in [1.54, 1.807) is 25.3 Å². The molecule has 11 heteroatoms. The first-order valence-electron chi connectivity index (χ1n) is 18.4. The van der Waals surface area contributed by atoms with Gasteiger partial charge >= 0.3 is 6.09 Å². The van der Waals surface area contributed by atoms with Gasteiger partial charge in [0.25, 0.3) is 0 Å². The molecule has 1 aromatic heterocycles. The molecule has 1 N–H and O–H groups in total. The van der Waals surface area contributed by atoms with Gasteiger partial charge in [-0.25, -0.2) is 14.8 Å². The number of methoxy groups -OCH3 is 2. The summed E-state index contributed by atoms with van der Waals surface area (Å²) in [5, 5.41) is 3.40. The molecule has 3 aliphatic rings. The van der Waals surface area contributed by atoms with Crippen molar-refractivity contribution < 1.29 is 28.6 Å². The smallest absolute Gasteiger partial charge is 0.410 e. The van der Waals surface area contributed by atoms with E-state index in [0.29, 0.717) is 81.3 Å². The number of carbonyl (C=O) groups excluding carboxylic acids is 3. The first-order valence-corrected chi connectivity index (χ1v) is 18.4. The summed E-state index contributed by atoms with van der Waals surface area (Å²) < 4.78 is 16.6. The predicted octanol–water partition coefficient (Wildman–Crippen LogP) is 6.36. The van der Waals surface area contributed by atoms with E-state index < -0.39 is 11.7 Å². The number of ketones is 1. The molecule has 276 valence electrons. The van der Waals surface area contributed by atoms with E-state index in [0.717, 1.165) is 32.1 Å². The van der Waals surface area contributed by atoms with Gasteiger partial charge in [0, 0.05) is 65.0 Å². The summed E-state index contributed by atoms with van der Waals surface area (Å²) in [6.07, 6.45) is 6.75. The lowest BCUT2D eigenvalue weighted by molar-refractivity contribution is -0.140. The lowest BCUT2D eigenvalue weighted by atomic mass is 9.73. The van der Waals surface area contributed by atoms with Crippen LogP contribution >= 0.6 is 0 Å². The number of hydrogen-bond acceptors (Lipinski definition) is 9. The zero-order valence-corrected chi connectivity index (χ0v) is 31.9. The molecule has 2 saturated heterocycles. The van der Waals surface area contributed by atoms with E-state index in [2.05, 4.69) is 44.9 Å². The number of piperidine rings is 1. The predicted molar refractivity (Wildman–Crippen MR) is 191 cm³/mol. The van der Waals surface area contributed by atoms with Crippen LogP contribution in [0.5, 0.6) is 0 Å². The molecule has 2 aliphatic heterocycles. The lowest BCUT2D eigenvalue weighted by Gasteiger charge is -2.43. The lowest BCUT2D eigenvalue weighted by Crippen LogP contribution is -2.53. The second-order valence-corrected chi connectivity index (χ2v) is 17.1. The fourth-order valence-corrected chi connectivity index (χ4v) is 7.94. The van der Waals surface area contributed by atoms with E-state index in [4.69, 9.17) is 19.2 Å². The molecule has 3 unspecified atom stereocenters. The molecule has 1 saturated carbocycles. The van der Waals surface area contributed by atoms with Crippen molar-refractivity contribution >= 4 is 23.6 Å². The summed E-state index contributed by atoms with van der Waals surface area (Å²) in [5.74, 6) is 1.67. The molecule has 5 atom stereocenters. The number of hydrogen-bond donors (Lipinski definition) is 1. The first-order chi connectivity index (χ1) is 23.0. The van der Waals surface area contributed by atoms with Crippen LogP contribution < -0.4 is 5.32 Å². The maximum atomic E-state index is 14.4. The number of anilines is 1. The molecule has 11 nitrogen and oxygen atoms in total. The van der Waals surface area contributed by atoms with Gasteiger partial charge in [0.2, 0.25) is 5.91 Å². The minimum Gasteiger partial charge on any atom is -0.444 e. The highest BCUT2D eigenvalue weighted by Crippen LogP contribution is 2.65. The quantitative estimate of drug-likeness (QED) is 0.176. The van der Waals surface area contributed by atoms with Gasteiger partial charge in [-0.15, -0.1) is 0 Å². The van der Waals surface area contributed by atoms with Crippen LogP contribution in [0.2, 0.25) is 0 Å². The molecule has 0 aromatic carbocycles. The van der Waals surface area contributed by atoms with E-state index >= 15 is 0 Å². The van der Waals surface area contributed by atoms with Gasteiger partial charge in [0.15, 0.2) is 5.78 Å². The zero-order chi connectivity index (χ0) is 36.1. The Bertz CT molecular complexity index is 1310. The van der Waals surface area contributed by atoms with Crippen molar-refractivity contribution in [3.8, 4) is 0 Å². The van der Waals surface area contributed by atoms with Crippen molar-refractivity contribution in [2.75, 3.05) is 58.9 Å². The molecule has 1 aliphatic carbocycles. The van der Waals surface area contributed by atoms with Gasteiger partial charge in [-0.1, -0.05) is 34.6 Å². The third kappa shape index (κ3) is 9.93. The summed E-state index contributed by atoms with van der Waals surface area (Å²) in [5.41, 5.74) is -0.793. The molecule has 3 heterocycles. The second kappa shape index (κ2) is 16.0. The Morgan fingerprint density at radius 3 is 2.45 bits per heavy atom. The molecule has 0 radical (unpaired) electrons. The number of nitrogens with one attached hydrogen (secondary N) is 1. The van der Waals surface area contributed by atoms with Gasteiger partial charge in [0.1, 0.15) is 17.2 Å². The normalized spacial score (nSPS) is 25.9. The number of ether oxygens (including phenoxy) is 3. The molecular formula is C38H63N5O6. The maximum absolute atomic E-state index is 14.4. The van der Waals surface area contributed by atoms with Crippen molar-refractivity contribution in [2.45, 2.75) is 117 Å². The van der Waals surface area contributed by atoms with Crippen LogP contribution in [-0.4, -0.2) is 103 Å². The summed E-state index contributed by atoms with van der Waals surface area (Å²) in [6, 6.07) is 0.0453. The standard InChI is InChI=1S/C38H63N5O6/c1-25(2)17-27-19-38(27,20-31(44)30-21-40-34(36(3,4)5)41-32(30)39-14-12-16-47-9)28-18-26(22-42(23-28)35(46)49-37(6,7)8)33(45)43-15-11-13-29(43)24-48-10/h21,25-29H,11-20,22-24H2,1-10H3,(H,39,40,41)/t26-,27?,28?,29+,38?/m1/s1. The maximum Gasteiger partial charge on any atom is 0.410 e. The third-order valence-corrected chi connectivity index (χ3v) is 10.4. The molecule has 1 aromatic rings. The average Bonchev–Trinajstić information content (AvgIpc) is 3.48. The number of aromatic nitrogens is 2. The molecule has 0 bridgehead atoms. The Morgan fingerprint density at radius 2 is 1.82 bits per heavy atom. The Morgan fingerprint density at radius 1 is 1.08 bits per heavy atom. The topological polar surface area (TPSA) is 123 Å². The average molecular weight is 686 g/mol. The number of likely N-dealkylation sites (tertiary alicyclic amines) is 2. The van der Waals surface area contributed by atoms with E-state index in [9.17, 15) is 14.4 Å². The van der Waals surface area contributed by atoms with E-state index in [1.807, 2.05) is 25.7 Å². The van der Waals surface area contributed by atoms with Crippen LogP contribution in [0.1, 0.15) is 117 Å². The Labute approximate surface area is 294 Å². The molecular weight excluding hydrogens is 622 g/mol. The summed E-state index contributed by atoms with van der Waals surface area (Å²) >= 11 is 0. The van der Waals surface area contributed by atoms with Gasteiger partial charge in [-0.2, -0.15) is 0 Å². The number of amides is 2.